The van der Waals surface area contributed by atoms with Crippen molar-refractivity contribution in [1.29, 1.82) is 0 Å². The summed E-state index contributed by atoms with van der Waals surface area (Å²) in [6.07, 6.45) is 0. The Hall–Kier alpha value is -0.810. The first-order chi connectivity index (χ1) is 8.08. The molecule has 0 atom stereocenters. The number of phenolic OH excluding ortho intramolecular Hbond substituents is 1. The van der Waals surface area contributed by atoms with E-state index in [-0.39, 0.29) is 0 Å². The van der Waals surface area contributed by atoms with E-state index in [1.54, 1.807) is 11.3 Å². The zero-order chi connectivity index (χ0) is 12.2. The molecule has 17 heavy (non-hydrogen) atoms. The Morgan fingerprint density at radius 3 is 2.65 bits per heavy atom. The van der Waals surface area contributed by atoms with Gasteiger partial charge >= 0.3 is 0 Å². The van der Waals surface area contributed by atoms with Gasteiger partial charge in [0.15, 0.2) is 0 Å². The highest BCUT2D eigenvalue weighted by atomic mass is 127. The van der Waals surface area contributed by atoms with Crippen LogP contribution in [-0.4, -0.2) is 5.11 Å². The second-order valence-electron chi connectivity index (χ2n) is 4.29. The minimum atomic E-state index is 0.386. The van der Waals surface area contributed by atoms with E-state index in [0.717, 1.165) is 10.3 Å². The van der Waals surface area contributed by atoms with Gasteiger partial charge in [0.2, 0.25) is 0 Å². The summed E-state index contributed by atoms with van der Waals surface area (Å²) in [7, 11) is 0. The molecule has 0 saturated heterocycles. The van der Waals surface area contributed by atoms with Gasteiger partial charge in [0.05, 0.1) is 0 Å². The summed E-state index contributed by atoms with van der Waals surface area (Å²) in [4.78, 5) is 0. The number of fused-ring (bicyclic) bond motifs is 3. The fourth-order valence-corrected chi connectivity index (χ4v) is 3.95. The molecule has 3 heteroatoms. The standard InChI is InChI=1S/C14H11IOS/c1-7-5-10-9-3-4-11(15)8(2)14(9)17-13(10)6-12(7)16/h3-6,16H,1-2H3. The predicted octanol–water partition coefficient (Wildman–Crippen LogP) is 4.98. The number of phenols is 1. The Labute approximate surface area is 117 Å². The lowest BCUT2D eigenvalue weighted by molar-refractivity contribution is 0.472. The van der Waals surface area contributed by atoms with Crippen LogP contribution in [0.5, 0.6) is 5.75 Å². The maximum absolute atomic E-state index is 9.77. The summed E-state index contributed by atoms with van der Waals surface area (Å²) in [6, 6.07) is 8.30. The summed E-state index contributed by atoms with van der Waals surface area (Å²) >= 11 is 4.13. The molecule has 0 aliphatic rings. The fraction of sp³-hybridized carbons (Fsp3) is 0.143. The van der Waals surface area contributed by atoms with E-state index in [1.807, 2.05) is 13.0 Å². The number of aryl methyl sites for hydroxylation is 2. The minimum Gasteiger partial charge on any atom is -0.508 e. The van der Waals surface area contributed by atoms with Crippen molar-refractivity contribution in [3.8, 4) is 5.75 Å². The van der Waals surface area contributed by atoms with Crippen molar-refractivity contribution >= 4 is 54.1 Å². The first-order valence-corrected chi connectivity index (χ1v) is 7.28. The topological polar surface area (TPSA) is 20.2 Å². The number of halogens is 1. The lowest BCUT2D eigenvalue weighted by Gasteiger charge is -2.00. The number of hydrogen-bond acceptors (Lipinski definition) is 2. The van der Waals surface area contributed by atoms with Gasteiger partial charge in [-0.25, -0.2) is 0 Å². The number of benzene rings is 2. The fourth-order valence-electron chi connectivity index (χ4n) is 2.09. The highest BCUT2D eigenvalue weighted by Gasteiger charge is 2.10. The third kappa shape index (κ3) is 1.64. The molecule has 1 heterocycles. The van der Waals surface area contributed by atoms with Crippen molar-refractivity contribution in [1.82, 2.24) is 0 Å². The Morgan fingerprint density at radius 1 is 1.12 bits per heavy atom. The third-order valence-corrected chi connectivity index (χ3v) is 5.60. The summed E-state index contributed by atoms with van der Waals surface area (Å²) in [5.41, 5.74) is 2.27. The van der Waals surface area contributed by atoms with Crippen molar-refractivity contribution in [2.45, 2.75) is 13.8 Å². The van der Waals surface area contributed by atoms with Crippen molar-refractivity contribution in [2.24, 2.45) is 0 Å². The van der Waals surface area contributed by atoms with Crippen LogP contribution in [0.4, 0.5) is 0 Å². The molecule has 2 aromatic carbocycles. The zero-order valence-electron chi connectivity index (χ0n) is 9.54. The predicted molar refractivity (Wildman–Crippen MR) is 83.2 cm³/mol. The van der Waals surface area contributed by atoms with Crippen LogP contribution in [0.25, 0.3) is 20.2 Å². The average Bonchev–Trinajstić information content (AvgIpc) is 2.63. The van der Waals surface area contributed by atoms with Crippen molar-refractivity contribution in [3.05, 3.63) is 39.0 Å². The van der Waals surface area contributed by atoms with Gasteiger partial charge in [-0.2, -0.15) is 0 Å². The maximum Gasteiger partial charge on any atom is 0.119 e. The molecule has 0 fully saturated rings. The van der Waals surface area contributed by atoms with E-state index in [9.17, 15) is 5.11 Å². The van der Waals surface area contributed by atoms with Crippen molar-refractivity contribution < 1.29 is 5.11 Å². The van der Waals surface area contributed by atoms with Gasteiger partial charge in [-0.3, -0.25) is 0 Å². The quantitative estimate of drug-likeness (QED) is 0.565. The van der Waals surface area contributed by atoms with Crippen LogP contribution in [0.2, 0.25) is 0 Å². The second kappa shape index (κ2) is 3.85. The molecule has 3 rings (SSSR count). The Bertz CT molecular complexity index is 743. The van der Waals surface area contributed by atoms with E-state index < -0.39 is 0 Å². The van der Waals surface area contributed by atoms with Gasteiger partial charge < -0.3 is 5.11 Å². The molecule has 3 aromatic rings. The minimum absolute atomic E-state index is 0.386. The van der Waals surface area contributed by atoms with Crippen LogP contribution in [0, 0.1) is 17.4 Å². The molecule has 0 bridgehead atoms. The van der Waals surface area contributed by atoms with E-state index in [4.69, 9.17) is 0 Å². The third-order valence-electron chi connectivity index (χ3n) is 3.14. The van der Waals surface area contributed by atoms with Crippen molar-refractivity contribution in [3.63, 3.8) is 0 Å². The summed E-state index contributed by atoms with van der Waals surface area (Å²) in [5, 5.41) is 12.3. The number of hydrogen-bond donors (Lipinski definition) is 1. The highest BCUT2D eigenvalue weighted by Crippen LogP contribution is 2.39. The van der Waals surface area contributed by atoms with Gasteiger partial charge in [0.25, 0.3) is 0 Å². The van der Waals surface area contributed by atoms with Gasteiger partial charge in [0, 0.05) is 23.7 Å². The van der Waals surface area contributed by atoms with E-state index in [2.05, 4.69) is 47.7 Å². The smallest absolute Gasteiger partial charge is 0.119 e. The lowest BCUT2D eigenvalue weighted by Crippen LogP contribution is -1.78. The molecule has 0 spiro atoms. The SMILES string of the molecule is Cc1cc2c(cc1O)sc1c(C)c(I)ccc12. The maximum atomic E-state index is 9.77. The van der Waals surface area contributed by atoms with E-state index in [0.29, 0.717) is 5.75 Å². The molecule has 0 aliphatic carbocycles. The first kappa shape index (κ1) is 11.3. The molecular formula is C14H11IOS. The molecule has 0 saturated carbocycles. The second-order valence-corrected chi connectivity index (χ2v) is 6.50. The lowest BCUT2D eigenvalue weighted by atomic mass is 10.1. The van der Waals surface area contributed by atoms with Crippen LogP contribution >= 0.6 is 33.9 Å². The molecule has 0 unspecified atom stereocenters. The molecule has 0 amide bonds. The Morgan fingerprint density at radius 2 is 1.88 bits per heavy atom. The number of aromatic hydroxyl groups is 1. The Kier molecular flexibility index (Phi) is 2.56. The molecule has 1 N–H and O–H groups in total. The average molecular weight is 354 g/mol. The van der Waals surface area contributed by atoms with Crippen molar-refractivity contribution in [2.75, 3.05) is 0 Å². The Balaban J connectivity index is 2.54. The van der Waals surface area contributed by atoms with Crippen LogP contribution in [0.15, 0.2) is 24.3 Å². The molecule has 86 valence electrons. The molecule has 0 aliphatic heterocycles. The monoisotopic (exact) mass is 354 g/mol. The highest BCUT2D eigenvalue weighted by molar-refractivity contribution is 14.1. The van der Waals surface area contributed by atoms with Crippen LogP contribution < -0.4 is 0 Å². The molecular weight excluding hydrogens is 343 g/mol. The summed E-state index contributed by atoms with van der Waals surface area (Å²) < 4.78 is 3.78. The van der Waals surface area contributed by atoms with E-state index in [1.165, 1.54) is 24.6 Å². The van der Waals surface area contributed by atoms with Gasteiger partial charge in [-0.05, 0) is 65.8 Å². The van der Waals surface area contributed by atoms with Crippen LogP contribution in [-0.2, 0) is 0 Å². The molecule has 1 nitrogen and oxygen atoms in total. The van der Waals surface area contributed by atoms with Gasteiger partial charge in [-0.1, -0.05) is 6.07 Å². The van der Waals surface area contributed by atoms with E-state index >= 15 is 0 Å². The number of rotatable bonds is 0. The van der Waals surface area contributed by atoms with Crippen LogP contribution in [0.1, 0.15) is 11.1 Å². The largest absolute Gasteiger partial charge is 0.508 e. The first-order valence-electron chi connectivity index (χ1n) is 5.39. The van der Waals surface area contributed by atoms with Gasteiger partial charge in [-0.15, -0.1) is 11.3 Å². The summed E-state index contributed by atoms with van der Waals surface area (Å²) in [5.74, 6) is 0.386. The summed E-state index contributed by atoms with van der Waals surface area (Å²) in [6.45, 7) is 4.10. The normalized spacial score (nSPS) is 11.5. The molecule has 1 aromatic heterocycles. The zero-order valence-corrected chi connectivity index (χ0v) is 12.5. The van der Waals surface area contributed by atoms with Crippen LogP contribution in [0.3, 0.4) is 0 Å². The van der Waals surface area contributed by atoms with Gasteiger partial charge in [0.1, 0.15) is 5.75 Å². The number of thiophene rings is 1. The molecule has 0 radical (unpaired) electrons.